The number of hydrogen-bond acceptors (Lipinski definition) is 2. The van der Waals surface area contributed by atoms with E-state index in [9.17, 15) is 4.79 Å². The number of nitrogens with zero attached hydrogens (tertiary/aromatic N) is 1. The third-order valence-electron chi connectivity index (χ3n) is 1.89. The molecule has 0 aromatic heterocycles. The lowest BCUT2D eigenvalue weighted by atomic mass is 10.3. The zero-order valence-electron chi connectivity index (χ0n) is 9.38. The van der Waals surface area contributed by atoms with Crippen LogP contribution in [0, 0.1) is 0 Å². The molecule has 0 spiro atoms. The van der Waals surface area contributed by atoms with E-state index in [1.807, 2.05) is 0 Å². The lowest BCUT2D eigenvalue weighted by Gasteiger charge is -2.19. The van der Waals surface area contributed by atoms with Gasteiger partial charge in [-0.15, -0.1) is 6.58 Å². The van der Waals surface area contributed by atoms with Gasteiger partial charge in [0, 0.05) is 6.54 Å². The average molecular weight is 198 g/mol. The number of amides is 1. The second kappa shape index (κ2) is 8.75. The third-order valence-corrected chi connectivity index (χ3v) is 1.89. The van der Waals surface area contributed by atoms with Gasteiger partial charge < -0.3 is 5.32 Å². The Kier molecular flexibility index (Phi) is 8.24. The summed E-state index contributed by atoms with van der Waals surface area (Å²) in [7, 11) is 0. The highest BCUT2D eigenvalue weighted by Crippen LogP contribution is 1.93. The summed E-state index contributed by atoms with van der Waals surface area (Å²) in [4.78, 5) is 13.5. The van der Waals surface area contributed by atoms with E-state index in [2.05, 4.69) is 30.6 Å². The lowest BCUT2D eigenvalue weighted by Crippen LogP contribution is -2.38. The Morgan fingerprint density at radius 1 is 1.36 bits per heavy atom. The first-order valence-corrected chi connectivity index (χ1v) is 5.34. The van der Waals surface area contributed by atoms with Gasteiger partial charge in [-0.05, 0) is 25.9 Å². The summed E-state index contributed by atoms with van der Waals surface area (Å²) in [6.45, 7) is 10.9. The van der Waals surface area contributed by atoms with Gasteiger partial charge in [0.15, 0.2) is 0 Å². The molecule has 0 bridgehead atoms. The van der Waals surface area contributed by atoms with E-state index in [-0.39, 0.29) is 5.91 Å². The smallest absolute Gasteiger partial charge is 0.234 e. The standard InChI is InChI=1S/C11H22N2O/c1-4-7-12-11(14)10-13(8-5-2)9-6-3/h4H,1,5-10H2,2-3H3,(H,12,14). The highest BCUT2D eigenvalue weighted by atomic mass is 16.2. The molecule has 82 valence electrons. The maximum absolute atomic E-state index is 11.4. The van der Waals surface area contributed by atoms with Crippen LogP contribution in [-0.2, 0) is 4.79 Å². The first-order valence-electron chi connectivity index (χ1n) is 5.34. The molecule has 0 heterocycles. The van der Waals surface area contributed by atoms with E-state index in [1.54, 1.807) is 6.08 Å². The Morgan fingerprint density at radius 3 is 2.36 bits per heavy atom. The van der Waals surface area contributed by atoms with Crippen LogP contribution in [0.1, 0.15) is 26.7 Å². The van der Waals surface area contributed by atoms with Crippen molar-refractivity contribution in [3.8, 4) is 0 Å². The molecule has 0 fully saturated rings. The quantitative estimate of drug-likeness (QED) is 0.598. The van der Waals surface area contributed by atoms with E-state index in [4.69, 9.17) is 0 Å². The molecule has 0 unspecified atom stereocenters. The van der Waals surface area contributed by atoms with Crippen LogP contribution in [0.25, 0.3) is 0 Å². The monoisotopic (exact) mass is 198 g/mol. The predicted molar refractivity (Wildman–Crippen MR) is 60.2 cm³/mol. The predicted octanol–water partition coefficient (Wildman–Crippen LogP) is 1.41. The molecule has 0 aliphatic rings. The van der Waals surface area contributed by atoms with Crippen LogP contribution >= 0.6 is 0 Å². The maximum atomic E-state index is 11.4. The molecule has 0 atom stereocenters. The summed E-state index contributed by atoms with van der Waals surface area (Å²) in [5, 5.41) is 2.78. The van der Waals surface area contributed by atoms with E-state index in [0.717, 1.165) is 25.9 Å². The number of carbonyl (C=O) groups is 1. The lowest BCUT2D eigenvalue weighted by molar-refractivity contribution is -0.122. The van der Waals surface area contributed by atoms with Crippen molar-refractivity contribution in [2.75, 3.05) is 26.2 Å². The van der Waals surface area contributed by atoms with Crippen molar-refractivity contribution in [2.45, 2.75) is 26.7 Å². The van der Waals surface area contributed by atoms with Gasteiger partial charge in [0.25, 0.3) is 0 Å². The van der Waals surface area contributed by atoms with Gasteiger partial charge in [-0.2, -0.15) is 0 Å². The molecular weight excluding hydrogens is 176 g/mol. The van der Waals surface area contributed by atoms with Gasteiger partial charge in [0.1, 0.15) is 0 Å². The fourth-order valence-electron chi connectivity index (χ4n) is 1.35. The first-order chi connectivity index (χ1) is 6.74. The Bertz CT molecular complexity index is 163. The Morgan fingerprint density at radius 2 is 1.93 bits per heavy atom. The van der Waals surface area contributed by atoms with Gasteiger partial charge in [-0.3, -0.25) is 9.69 Å². The Hall–Kier alpha value is -0.830. The van der Waals surface area contributed by atoms with E-state index >= 15 is 0 Å². The van der Waals surface area contributed by atoms with Gasteiger partial charge >= 0.3 is 0 Å². The molecule has 3 nitrogen and oxygen atoms in total. The van der Waals surface area contributed by atoms with Gasteiger partial charge in [0.05, 0.1) is 6.54 Å². The molecule has 0 aromatic carbocycles. The number of rotatable bonds is 8. The molecule has 0 radical (unpaired) electrons. The van der Waals surface area contributed by atoms with Crippen LogP contribution < -0.4 is 5.32 Å². The van der Waals surface area contributed by atoms with Crippen LogP contribution in [0.5, 0.6) is 0 Å². The van der Waals surface area contributed by atoms with Crippen molar-refractivity contribution in [3.05, 3.63) is 12.7 Å². The Labute approximate surface area is 87.2 Å². The minimum absolute atomic E-state index is 0.0896. The minimum Gasteiger partial charge on any atom is -0.352 e. The summed E-state index contributed by atoms with van der Waals surface area (Å²) in [6.07, 6.45) is 3.88. The summed E-state index contributed by atoms with van der Waals surface area (Å²) < 4.78 is 0. The minimum atomic E-state index is 0.0896. The van der Waals surface area contributed by atoms with Crippen LogP contribution in [0.4, 0.5) is 0 Å². The zero-order chi connectivity index (χ0) is 10.8. The summed E-state index contributed by atoms with van der Waals surface area (Å²) in [5.74, 6) is 0.0896. The molecule has 1 N–H and O–H groups in total. The summed E-state index contributed by atoms with van der Waals surface area (Å²) in [6, 6.07) is 0. The molecular formula is C11H22N2O. The number of carbonyl (C=O) groups excluding carboxylic acids is 1. The number of hydrogen-bond donors (Lipinski definition) is 1. The highest BCUT2D eigenvalue weighted by molar-refractivity contribution is 5.78. The average Bonchev–Trinajstić information content (AvgIpc) is 2.15. The van der Waals surface area contributed by atoms with Gasteiger partial charge in [-0.25, -0.2) is 0 Å². The molecule has 1 amide bonds. The van der Waals surface area contributed by atoms with Crippen LogP contribution in [0.2, 0.25) is 0 Å². The fraction of sp³-hybridized carbons (Fsp3) is 0.727. The van der Waals surface area contributed by atoms with E-state index < -0.39 is 0 Å². The number of nitrogens with one attached hydrogen (secondary N) is 1. The highest BCUT2D eigenvalue weighted by Gasteiger charge is 2.07. The van der Waals surface area contributed by atoms with Crippen LogP contribution in [0.3, 0.4) is 0 Å². The van der Waals surface area contributed by atoms with E-state index in [1.165, 1.54) is 0 Å². The first kappa shape index (κ1) is 13.2. The molecule has 0 saturated carbocycles. The topological polar surface area (TPSA) is 32.3 Å². The molecule has 3 heteroatoms. The van der Waals surface area contributed by atoms with E-state index in [0.29, 0.717) is 13.1 Å². The summed E-state index contributed by atoms with van der Waals surface area (Å²) in [5.41, 5.74) is 0. The van der Waals surface area contributed by atoms with Gasteiger partial charge in [0.2, 0.25) is 5.91 Å². The zero-order valence-corrected chi connectivity index (χ0v) is 9.38. The van der Waals surface area contributed by atoms with Crippen molar-refractivity contribution >= 4 is 5.91 Å². The van der Waals surface area contributed by atoms with Crippen molar-refractivity contribution < 1.29 is 4.79 Å². The largest absolute Gasteiger partial charge is 0.352 e. The molecule has 0 aliphatic carbocycles. The SMILES string of the molecule is C=CCNC(=O)CN(CCC)CCC. The Balaban J connectivity index is 3.76. The maximum Gasteiger partial charge on any atom is 0.234 e. The van der Waals surface area contributed by atoms with Crippen molar-refractivity contribution in [2.24, 2.45) is 0 Å². The third kappa shape index (κ3) is 6.66. The fourth-order valence-corrected chi connectivity index (χ4v) is 1.35. The van der Waals surface area contributed by atoms with Gasteiger partial charge in [-0.1, -0.05) is 19.9 Å². The van der Waals surface area contributed by atoms with Crippen molar-refractivity contribution in [1.82, 2.24) is 10.2 Å². The molecule has 14 heavy (non-hydrogen) atoms. The molecule has 0 aliphatic heterocycles. The van der Waals surface area contributed by atoms with Crippen LogP contribution in [-0.4, -0.2) is 37.0 Å². The molecule has 0 aromatic rings. The normalized spacial score (nSPS) is 10.2. The van der Waals surface area contributed by atoms with Crippen molar-refractivity contribution in [1.29, 1.82) is 0 Å². The van der Waals surface area contributed by atoms with Crippen molar-refractivity contribution in [3.63, 3.8) is 0 Å². The molecule has 0 saturated heterocycles. The molecule has 0 rings (SSSR count). The summed E-state index contributed by atoms with van der Waals surface area (Å²) >= 11 is 0. The van der Waals surface area contributed by atoms with Crippen LogP contribution in [0.15, 0.2) is 12.7 Å². The second-order valence-corrected chi connectivity index (χ2v) is 3.37. The second-order valence-electron chi connectivity index (χ2n) is 3.37.